The standard InChI is InChI=1S/C16H18FN3O/c17-14-3-1-2-12(10-14)11-15(21)20-8-4-13(5-9-20)16-18-6-7-19-16/h1-3,6-7,10,13H,4-5,8-9,11H2,(H,18,19). The zero-order valence-electron chi connectivity index (χ0n) is 11.8. The Balaban J connectivity index is 1.55. The predicted octanol–water partition coefficient (Wildman–Crippen LogP) is 2.50. The SMILES string of the molecule is O=C(Cc1cccc(F)c1)N1CCC(c2ncc[nH]2)CC1. The highest BCUT2D eigenvalue weighted by Crippen LogP contribution is 2.25. The normalized spacial score (nSPS) is 16.1. The molecule has 0 unspecified atom stereocenters. The Morgan fingerprint density at radius 3 is 2.86 bits per heavy atom. The van der Waals surface area contributed by atoms with Crippen LogP contribution in [0.5, 0.6) is 0 Å². The maximum absolute atomic E-state index is 13.1. The van der Waals surface area contributed by atoms with E-state index in [4.69, 9.17) is 0 Å². The Kier molecular flexibility index (Phi) is 3.99. The predicted molar refractivity (Wildman–Crippen MR) is 77.2 cm³/mol. The van der Waals surface area contributed by atoms with E-state index in [0.717, 1.165) is 37.3 Å². The van der Waals surface area contributed by atoms with Gasteiger partial charge in [-0.25, -0.2) is 9.37 Å². The Morgan fingerprint density at radius 1 is 1.38 bits per heavy atom. The van der Waals surface area contributed by atoms with Crippen LogP contribution in [-0.2, 0) is 11.2 Å². The summed E-state index contributed by atoms with van der Waals surface area (Å²) >= 11 is 0. The van der Waals surface area contributed by atoms with Crippen molar-refractivity contribution in [1.82, 2.24) is 14.9 Å². The molecule has 2 aromatic rings. The van der Waals surface area contributed by atoms with E-state index >= 15 is 0 Å². The summed E-state index contributed by atoms with van der Waals surface area (Å²) in [4.78, 5) is 21.5. The van der Waals surface area contributed by atoms with Gasteiger partial charge in [0.15, 0.2) is 0 Å². The minimum atomic E-state index is -0.295. The van der Waals surface area contributed by atoms with Crippen LogP contribution in [0.4, 0.5) is 4.39 Å². The molecule has 0 bridgehead atoms. The van der Waals surface area contributed by atoms with Crippen LogP contribution in [-0.4, -0.2) is 33.9 Å². The van der Waals surface area contributed by atoms with Crippen molar-refractivity contribution < 1.29 is 9.18 Å². The first-order chi connectivity index (χ1) is 10.2. The largest absolute Gasteiger partial charge is 0.348 e. The van der Waals surface area contributed by atoms with Crippen LogP contribution in [0.15, 0.2) is 36.7 Å². The van der Waals surface area contributed by atoms with Gasteiger partial charge in [0.1, 0.15) is 11.6 Å². The second-order valence-corrected chi connectivity index (χ2v) is 5.44. The summed E-state index contributed by atoms with van der Waals surface area (Å²) in [6.07, 6.45) is 5.70. The number of aromatic amines is 1. The lowest BCUT2D eigenvalue weighted by atomic mass is 9.95. The van der Waals surface area contributed by atoms with E-state index in [0.29, 0.717) is 5.92 Å². The van der Waals surface area contributed by atoms with Crippen LogP contribution in [0.25, 0.3) is 0 Å². The third-order valence-corrected chi connectivity index (χ3v) is 4.00. The Labute approximate surface area is 123 Å². The first-order valence-electron chi connectivity index (χ1n) is 7.24. The smallest absolute Gasteiger partial charge is 0.226 e. The summed E-state index contributed by atoms with van der Waals surface area (Å²) in [6.45, 7) is 1.47. The fourth-order valence-corrected chi connectivity index (χ4v) is 2.84. The number of amides is 1. The van der Waals surface area contributed by atoms with Crippen molar-refractivity contribution in [3.8, 4) is 0 Å². The minimum absolute atomic E-state index is 0.0681. The second kappa shape index (κ2) is 6.08. The average Bonchev–Trinajstić information content (AvgIpc) is 3.01. The average molecular weight is 287 g/mol. The van der Waals surface area contributed by atoms with Gasteiger partial charge in [-0.1, -0.05) is 12.1 Å². The molecule has 1 N–H and O–H groups in total. The molecule has 0 aliphatic carbocycles. The van der Waals surface area contributed by atoms with Gasteiger partial charge in [-0.3, -0.25) is 4.79 Å². The molecular formula is C16H18FN3O. The molecular weight excluding hydrogens is 269 g/mol. The number of carbonyl (C=O) groups excluding carboxylic acids is 1. The van der Waals surface area contributed by atoms with Crippen molar-refractivity contribution in [3.63, 3.8) is 0 Å². The van der Waals surface area contributed by atoms with Crippen LogP contribution >= 0.6 is 0 Å². The Morgan fingerprint density at radius 2 is 2.19 bits per heavy atom. The minimum Gasteiger partial charge on any atom is -0.348 e. The lowest BCUT2D eigenvalue weighted by Crippen LogP contribution is -2.39. The van der Waals surface area contributed by atoms with Gasteiger partial charge in [-0.15, -0.1) is 0 Å². The maximum atomic E-state index is 13.1. The first kappa shape index (κ1) is 13.8. The van der Waals surface area contributed by atoms with Gasteiger partial charge in [-0.2, -0.15) is 0 Å². The molecule has 0 saturated carbocycles. The summed E-state index contributed by atoms with van der Waals surface area (Å²) in [5.74, 6) is 1.18. The zero-order valence-corrected chi connectivity index (χ0v) is 11.8. The summed E-state index contributed by atoms with van der Waals surface area (Å²) < 4.78 is 13.1. The monoisotopic (exact) mass is 287 g/mol. The van der Waals surface area contributed by atoms with Crippen LogP contribution in [0, 0.1) is 5.82 Å². The highest BCUT2D eigenvalue weighted by Gasteiger charge is 2.24. The Hall–Kier alpha value is -2.17. The molecule has 1 aromatic carbocycles. The van der Waals surface area contributed by atoms with E-state index in [1.807, 2.05) is 11.1 Å². The molecule has 110 valence electrons. The van der Waals surface area contributed by atoms with E-state index in [-0.39, 0.29) is 18.1 Å². The number of halogens is 1. The molecule has 5 heteroatoms. The van der Waals surface area contributed by atoms with Gasteiger partial charge in [0.2, 0.25) is 5.91 Å². The summed E-state index contributed by atoms with van der Waals surface area (Å²) in [5.41, 5.74) is 0.730. The van der Waals surface area contributed by atoms with Crippen molar-refractivity contribution in [2.75, 3.05) is 13.1 Å². The van der Waals surface area contributed by atoms with Gasteiger partial charge in [0.05, 0.1) is 6.42 Å². The highest BCUT2D eigenvalue weighted by atomic mass is 19.1. The van der Waals surface area contributed by atoms with Crippen LogP contribution < -0.4 is 0 Å². The van der Waals surface area contributed by atoms with Crippen LogP contribution in [0.3, 0.4) is 0 Å². The quantitative estimate of drug-likeness (QED) is 0.943. The molecule has 2 heterocycles. The first-order valence-corrected chi connectivity index (χ1v) is 7.24. The molecule has 1 amide bonds. The van der Waals surface area contributed by atoms with Gasteiger partial charge >= 0.3 is 0 Å². The van der Waals surface area contributed by atoms with Crippen LogP contribution in [0.1, 0.15) is 30.1 Å². The zero-order chi connectivity index (χ0) is 14.7. The summed E-state index contributed by atoms with van der Waals surface area (Å²) in [7, 11) is 0. The molecule has 21 heavy (non-hydrogen) atoms. The molecule has 0 atom stereocenters. The molecule has 1 aliphatic heterocycles. The van der Waals surface area contributed by atoms with Crippen molar-refractivity contribution in [2.45, 2.75) is 25.2 Å². The van der Waals surface area contributed by atoms with Crippen molar-refractivity contribution >= 4 is 5.91 Å². The van der Waals surface area contributed by atoms with Gasteiger partial charge in [-0.05, 0) is 30.5 Å². The van der Waals surface area contributed by atoms with Crippen molar-refractivity contribution in [2.24, 2.45) is 0 Å². The molecule has 1 saturated heterocycles. The highest BCUT2D eigenvalue weighted by molar-refractivity contribution is 5.78. The molecule has 1 aliphatic rings. The van der Waals surface area contributed by atoms with E-state index < -0.39 is 0 Å². The number of H-pyrrole nitrogens is 1. The van der Waals surface area contributed by atoms with Crippen molar-refractivity contribution in [1.29, 1.82) is 0 Å². The Bertz CT molecular complexity index is 604. The fraction of sp³-hybridized carbons (Fsp3) is 0.375. The van der Waals surface area contributed by atoms with E-state index in [2.05, 4.69) is 9.97 Å². The summed E-state index contributed by atoms with van der Waals surface area (Å²) in [6, 6.07) is 6.24. The lowest BCUT2D eigenvalue weighted by Gasteiger charge is -2.31. The fourth-order valence-electron chi connectivity index (χ4n) is 2.84. The van der Waals surface area contributed by atoms with E-state index in [1.165, 1.54) is 12.1 Å². The number of nitrogens with zero attached hydrogens (tertiary/aromatic N) is 2. The van der Waals surface area contributed by atoms with E-state index in [1.54, 1.807) is 18.3 Å². The third-order valence-electron chi connectivity index (χ3n) is 4.00. The summed E-state index contributed by atoms with van der Waals surface area (Å²) in [5, 5.41) is 0. The van der Waals surface area contributed by atoms with Crippen LogP contribution in [0.2, 0.25) is 0 Å². The number of piperidine rings is 1. The number of benzene rings is 1. The molecule has 0 radical (unpaired) electrons. The number of hydrogen-bond donors (Lipinski definition) is 1. The number of nitrogens with one attached hydrogen (secondary N) is 1. The molecule has 4 nitrogen and oxygen atoms in total. The molecule has 1 aromatic heterocycles. The van der Waals surface area contributed by atoms with Gasteiger partial charge < -0.3 is 9.88 Å². The van der Waals surface area contributed by atoms with Crippen molar-refractivity contribution in [3.05, 3.63) is 53.9 Å². The lowest BCUT2D eigenvalue weighted by molar-refractivity contribution is -0.131. The molecule has 1 fully saturated rings. The second-order valence-electron chi connectivity index (χ2n) is 5.44. The van der Waals surface area contributed by atoms with Gasteiger partial charge in [0.25, 0.3) is 0 Å². The van der Waals surface area contributed by atoms with Gasteiger partial charge in [0, 0.05) is 31.4 Å². The number of aromatic nitrogens is 2. The molecule has 0 spiro atoms. The molecule has 3 rings (SSSR count). The van der Waals surface area contributed by atoms with E-state index in [9.17, 15) is 9.18 Å². The number of carbonyl (C=O) groups is 1. The topological polar surface area (TPSA) is 49.0 Å². The number of rotatable bonds is 3. The number of imidazole rings is 1. The number of hydrogen-bond acceptors (Lipinski definition) is 2. The number of likely N-dealkylation sites (tertiary alicyclic amines) is 1. The third kappa shape index (κ3) is 3.29. The maximum Gasteiger partial charge on any atom is 0.226 e.